The van der Waals surface area contributed by atoms with Crippen molar-refractivity contribution in [1.82, 2.24) is 4.98 Å². The number of anilines is 1. The normalized spacial score (nSPS) is 19.3. The van der Waals surface area contributed by atoms with E-state index < -0.39 is 11.0 Å². The summed E-state index contributed by atoms with van der Waals surface area (Å²) in [6.45, 7) is 3.11. The fraction of sp³-hybridized carbons (Fsp3) is 0.455. The smallest absolute Gasteiger partial charge is 0.290 e. The molecule has 1 fully saturated rings. The number of aromatic nitrogens is 1. The lowest BCUT2D eigenvalue weighted by atomic mass is 10.2. The van der Waals surface area contributed by atoms with Gasteiger partial charge in [0.25, 0.3) is 5.69 Å². The van der Waals surface area contributed by atoms with Gasteiger partial charge in [-0.25, -0.2) is 4.98 Å². The second-order valence-electron chi connectivity index (χ2n) is 3.97. The molecule has 1 unspecified atom stereocenters. The lowest BCUT2D eigenvalue weighted by Gasteiger charge is -2.30. The number of hydrogen-bond donors (Lipinski definition) is 0. The Morgan fingerprint density at radius 2 is 2.44 bits per heavy atom. The van der Waals surface area contributed by atoms with Crippen molar-refractivity contribution < 1.29 is 9.66 Å². The molecule has 0 aliphatic carbocycles. The molecule has 0 spiro atoms. The third kappa shape index (κ3) is 2.38. The summed E-state index contributed by atoms with van der Waals surface area (Å²) in [7, 11) is 0. The zero-order chi connectivity index (χ0) is 13.1. The Morgan fingerprint density at radius 1 is 1.67 bits per heavy atom. The average Bonchev–Trinajstić information content (AvgIpc) is 2.38. The number of nitrogens with zero attached hydrogens (tertiary/aromatic N) is 4. The predicted molar refractivity (Wildman–Crippen MR) is 63.2 cm³/mol. The van der Waals surface area contributed by atoms with Crippen LogP contribution in [0.3, 0.4) is 0 Å². The van der Waals surface area contributed by atoms with Gasteiger partial charge in [-0.05, 0) is 13.0 Å². The average molecular weight is 248 g/mol. The fourth-order valence-electron chi connectivity index (χ4n) is 1.85. The van der Waals surface area contributed by atoms with Crippen LogP contribution in [0.2, 0.25) is 0 Å². The summed E-state index contributed by atoms with van der Waals surface area (Å²) in [6, 6.07) is 5.09. The summed E-state index contributed by atoms with van der Waals surface area (Å²) >= 11 is 0. The first-order chi connectivity index (χ1) is 8.61. The molecule has 0 radical (unpaired) electrons. The summed E-state index contributed by atoms with van der Waals surface area (Å²) < 4.78 is 5.23. The summed E-state index contributed by atoms with van der Waals surface area (Å²) in [5.74, 6) is 0.640. The number of nitriles is 1. The van der Waals surface area contributed by atoms with Gasteiger partial charge in [0, 0.05) is 12.6 Å². The molecule has 0 bridgehead atoms. The van der Waals surface area contributed by atoms with E-state index in [9.17, 15) is 10.1 Å². The molecule has 0 saturated carbocycles. The lowest BCUT2D eigenvalue weighted by Crippen LogP contribution is -2.42. The second-order valence-corrected chi connectivity index (χ2v) is 3.97. The Hall–Kier alpha value is -2.20. The van der Waals surface area contributed by atoms with E-state index in [1.165, 1.54) is 6.07 Å². The Labute approximate surface area is 104 Å². The van der Waals surface area contributed by atoms with Crippen LogP contribution in [0.25, 0.3) is 0 Å². The van der Waals surface area contributed by atoms with E-state index in [0.717, 1.165) is 0 Å². The molecule has 2 heterocycles. The maximum absolute atomic E-state index is 10.7. The number of hydrogen-bond acceptors (Lipinski definition) is 6. The molecular formula is C11H12N4O3. The highest BCUT2D eigenvalue weighted by molar-refractivity contribution is 5.47. The van der Waals surface area contributed by atoms with Crippen LogP contribution in [-0.2, 0) is 4.74 Å². The van der Waals surface area contributed by atoms with Crippen molar-refractivity contribution in [3.8, 4) is 6.07 Å². The third-order valence-electron chi connectivity index (χ3n) is 2.77. The van der Waals surface area contributed by atoms with E-state index in [4.69, 9.17) is 10.00 Å². The van der Waals surface area contributed by atoms with E-state index in [-0.39, 0.29) is 5.69 Å². The van der Waals surface area contributed by atoms with Crippen molar-refractivity contribution >= 4 is 11.5 Å². The first-order valence-electron chi connectivity index (χ1n) is 5.50. The largest absolute Gasteiger partial charge is 0.360 e. The molecule has 18 heavy (non-hydrogen) atoms. The van der Waals surface area contributed by atoms with E-state index in [1.807, 2.05) is 11.0 Å². The number of pyridine rings is 1. The highest BCUT2D eigenvalue weighted by Crippen LogP contribution is 2.21. The van der Waals surface area contributed by atoms with Gasteiger partial charge in [-0.1, -0.05) is 0 Å². The second kappa shape index (κ2) is 4.98. The van der Waals surface area contributed by atoms with Crippen LogP contribution >= 0.6 is 0 Å². The Kier molecular flexibility index (Phi) is 3.39. The van der Waals surface area contributed by atoms with E-state index in [2.05, 4.69) is 4.98 Å². The topological polar surface area (TPSA) is 92.3 Å². The first kappa shape index (κ1) is 12.3. The van der Waals surface area contributed by atoms with E-state index in [1.54, 1.807) is 13.0 Å². The number of ether oxygens (including phenoxy) is 1. The van der Waals surface area contributed by atoms with Gasteiger partial charge in [0.05, 0.1) is 24.1 Å². The molecule has 7 heteroatoms. The molecule has 1 aromatic rings. The molecule has 1 saturated heterocycles. The van der Waals surface area contributed by atoms with Crippen LogP contribution in [-0.4, -0.2) is 35.7 Å². The Morgan fingerprint density at radius 3 is 3.06 bits per heavy atom. The van der Waals surface area contributed by atoms with Crippen molar-refractivity contribution in [3.63, 3.8) is 0 Å². The van der Waals surface area contributed by atoms with Crippen LogP contribution in [0.4, 0.5) is 11.5 Å². The number of rotatable bonds is 2. The van der Waals surface area contributed by atoms with Crippen molar-refractivity contribution in [2.24, 2.45) is 0 Å². The number of nitro groups is 1. The molecule has 7 nitrogen and oxygen atoms in total. The monoisotopic (exact) mass is 248 g/mol. The number of aryl methyl sites for hydroxylation is 1. The quantitative estimate of drug-likeness (QED) is 0.573. The molecular weight excluding hydrogens is 236 g/mol. The van der Waals surface area contributed by atoms with Gasteiger partial charge in [-0.3, -0.25) is 10.1 Å². The SMILES string of the molecule is Cc1nc(N2CCOC(C#N)C2)ccc1[N+](=O)[O-]. The van der Waals surface area contributed by atoms with Gasteiger partial charge in [0.1, 0.15) is 11.5 Å². The van der Waals surface area contributed by atoms with Gasteiger partial charge < -0.3 is 9.64 Å². The summed E-state index contributed by atoms with van der Waals surface area (Å²) in [4.78, 5) is 16.3. The van der Waals surface area contributed by atoms with Crippen molar-refractivity contribution in [2.45, 2.75) is 13.0 Å². The molecule has 1 aromatic heterocycles. The highest BCUT2D eigenvalue weighted by Gasteiger charge is 2.22. The zero-order valence-corrected chi connectivity index (χ0v) is 9.87. The number of morpholine rings is 1. The fourth-order valence-corrected chi connectivity index (χ4v) is 1.85. The molecule has 2 rings (SSSR count). The Bertz CT molecular complexity index is 512. The van der Waals surface area contributed by atoms with Crippen LogP contribution in [0.15, 0.2) is 12.1 Å². The summed E-state index contributed by atoms with van der Waals surface area (Å²) in [5.41, 5.74) is 0.376. The minimum absolute atomic E-state index is 0.00356. The first-order valence-corrected chi connectivity index (χ1v) is 5.50. The molecule has 0 amide bonds. The van der Waals surface area contributed by atoms with Crippen molar-refractivity contribution in [1.29, 1.82) is 5.26 Å². The van der Waals surface area contributed by atoms with Crippen LogP contribution < -0.4 is 4.90 Å². The third-order valence-corrected chi connectivity index (χ3v) is 2.77. The van der Waals surface area contributed by atoms with Crippen molar-refractivity contribution in [2.75, 3.05) is 24.6 Å². The van der Waals surface area contributed by atoms with Crippen LogP contribution in [0, 0.1) is 28.4 Å². The molecule has 1 aliphatic heterocycles. The van der Waals surface area contributed by atoms with E-state index >= 15 is 0 Å². The summed E-state index contributed by atoms with van der Waals surface area (Å²) in [6.07, 6.45) is -0.476. The molecule has 0 aromatic carbocycles. The lowest BCUT2D eigenvalue weighted by molar-refractivity contribution is -0.385. The van der Waals surface area contributed by atoms with Crippen LogP contribution in [0.1, 0.15) is 5.69 Å². The maximum Gasteiger partial charge on any atom is 0.290 e. The minimum Gasteiger partial charge on any atom is -0.360 e. The molecule has 94 valence electrons. The van der Waals surface area contributed by atoms with Gasteiger partial charge in [-0.15, -0.1) is 0 Å². The van der Waals surface area contributed by atoms with E-state index in [0.29, 0.717) is 31.2 Å². The Balaban J connectivity index is 2.21. The van der Waals surface area contributed by atoms with Crippen LogP contribution in [0.5, 0.6) is 0 Å². The van der Waals surface area contributed by atoms with Gasteiger partial charge in [0.2, 0.25) is 0 Å². The molecule has 1 atom stereocenters. The van der Waals surface area contributed by atoms with Gasteiger partial charge in [-0.2, -0.15) is 5.26 Å². The van der Waals surface area contributed by atoms with Gasteiger partial charge in [0.15, 0.2) is 6.10 Å². The van der Waals surface area contributed by atoms with Crippen molar-refractivity contribution in [3.05, 3.63) is 27.9 Å². The highest BCUT2D eigenvalue weighted by atomic mass is 16.6. The predicted octanol–water partition coefficient (Wildman–Crippen LogP) is 1.03. The van der Waals surface area contributed by atoms with Gasteiger partial charge >= 0.3 is 0 Å². The minimum atomic E-state index is -0.476. The molecule has 1 aliphatic rings. The molecule has 0 N–H and O–H groups in total. The maximum atomic E-state index is 10.7. The zero-order valence-electron chi connectivity index (χ0n) is 9.87. The summed E-state index contributed by atoms with van der Waals surface area (Å²) in [5, 5.41) is 19.5. The standard InChI is InChI=1S/C11H12N4O3/c1-8-10(15(16)17)2-3-11(13-8)14-4-5-18-9(6-12)7-14/h2-3,9H,4-5,7H2,1H3.